The lowest BCUT2D eigenvalue weighted by Crippen LogP contribution is -2.61. The topological polar surface area (TPSA) is 94.5 Å². The number of halogens is 1. The molecule has 196 valence electrons. The van der Waals surface area contributed by atoms with Crippen molar-refractivity contribution in [2.75, 3.05) is 44.9 Å². The molecule has 6 heterocycles. The first-order valence-corrected chi connectivity index (χ1v) is 13.1. The van der Waals surface area contributed by atoms with Gasteiger partial charge in [0.1, 0.15) is 5.82 Å². The number of methoxy groups -OCH3 is 1. The first kappa shape index (κ1) is 24.4. The first-order valence-electron chi connectivity index (χ1n) is 13.1. The normalized spacial score (nSPS) is 25.5. The monoisotopic (exact) mass is 508 g/mol. The zero-order valence-electron chi connectivity index (χ0n) is 21.2. The Labute approximate surface area is 215 Å². The lowest BCUT2D eigenvalue weighted by molar-refractivity contribution is -0.165. The third-order valence-electron chi connectivity index (χ3n) is 8.21. The van der Waals surface area contributed by atoms with Gasteiger partial charge < -0.3 is 24.4 Å². The van der Waals surface area contributed by atoms with Gasteiger partial charge in [0.25, 0.3) is 0 Å². The number of morpholine rings is 1. The van der Waals surface area contributed by atoms with Crippen LogP contribution < -0.4 is 15.0 Å². The lowest BCUT2D eigenvalue weighted by Gasteiger charge is -2.53. The minimum Gasteiger partial charge on any atom is -0.481 e. The molecule has 4 aliphatic rings. The maximum absolute atomic E-state index is 14.8. The van der Waals surface area contributed by atoms with Crippen molar-refractivity contribution in [2.24, 2.45) is 0 Å². The predicted octanol–water partition coefficient (Wildman–Crippen LogP) is 3.21. The van der Waals surface area contributed by atoms with Crippen molar-refractivity contribution in [3.05, 3.63) is 47.7 Å². The van der Waals surface area contributed by atoms with E-state index in [0.717, 1.165) is 69.9 Å². The second-order valence-corrected chi connectivity index (χ2v) is 10.4. The van der Waals surface area contributed by atoms with Crippen LogP contribution in [-0.4, -0.2) is 71.1 Å². The van der Waals surface area contributed by atoms with E-state index >= 15 is 0 Å². The third kappa shape index (κ3) is 4.97. The van der Waals surface area contributed by atoms with Gasteiger partial charge in [0.05, 0.1) is 49.8 Å². The number of aryl methyl sites for hydroxylation is 1. The largest absolute Gasteiger partial charge is 0.481 e. The zero-order chi connectivity index (χ0) is 25.3. The molecule has 0 atom stereocenters. The average molecular weight is 509 g/mol. The van der Waals surface area contributed by atoms with Crippen molar-refractivity contribution in [1.29, 1.82) is 0 Å². The van der Waals surface area contributed by atoms with Gasteiger partial charge in [0.2, 0.25) is 11.8 Å². The maximum Gasteiger partial charge on any atom is 0.225 e. The number of aromatic nitrogens is 4. The van der Waals surface area contributed by atoms with E-state index in [1.54, 1.807) is 13.2 Å². The Kier molecular flexibility index (Phi) is 6.64. The van der Waals surface area contributed by atoms with Crippen LogP contribution in [0.3, 0.4) is 0 Å². The molecule has 1 saturated carbocycles. The summed E-state index contributed by atoms with van der Waals surface area (Å²) in [5.41, 5.74) is 2.65. The van der Waals surface area contributed by atoms with Gasteiger partial charge in [-0.15, -0.1) is 0 Å². The summed E-state index contributed by atoms with van der Waals surface area (Å²) in [6.07, 6.45) is 10.4. The van der Waals surface area contributed by atoms with Crippen molar-refractivity contribution in [3.8, 4) is 5.88 Å². The highest BCUT2D eigenvalue weighted by Gasteiger charge is 2.49. The van der Waals surface area contributed by atoms with Crippen LogP contribution >= 0.6 is 0 Å². The molecular weight excluding hydrogens is 475 g/mol. The Morgan fingerprint density at radius 1 is 1.05 bits per heavy atom. The molecule has 0 unspecified atom stereocenters. The number of rotatable bonds is 8. The van der Waals surface area contributed by atoms with Gasteiger partial charge in [-0.2, -0.15) is 0 Å². The van der Waals surface area contributed by atoms with E-state index < -0.39 is 0 Å². The summed E-state index contributed by atoms with van der Waals surface area (Å²) in [5, 5.41) is 3.74. The summed E-state index contributed by atoms with van der Waals surface area (Å²) in [5.74, 6) is 0.901. The van der Waals surface area contributed by atoms with Gasteiger partial charge in [-0.05, 0) is 44.6 Å². The molecule has 0 aromatic carbocycles. The lowest BCUT2D eigenvalue weighted by atomic mass is 9.69. The third-order valence-corrected chi connectivity index (χ3v) is 8.21. The average Bonchev–Trinajstić information content (AvgIpc) is 2.97. The molecule has 1 N–H and O–H groups in total. The molecule has 0 radical (unpaired) electrons. The molecule has 10 heteroatoms. The first-order chi connectivity index (χ1) is 18.1. The van der Waals surface area contributed by atoms with E-state index in [1.165, 1.54) is 6.20 Å². The van der Waals surface area contributed by atoms with Gasteiger partial charge in [-0.3, -0.25) is 4.98 Å². The fourth-order valence-electron chi connectivity index (χ4n) is 5.75. The van der Waals surface area contributed by atoms with Crippen LogP contribution in [0.4, 0.5) is 10.3 Å². The number of nitrogens with zero attached hydrogens (tertiary/aromatic N) is 5. The van der Waals surface area contributed by atoms with E-state index in [-0.39, 0.29) is 17.0 Å². The van der Waals surface area contributed by atoms with Crippen molar-refractivity contribution in [3.63, 3.8) is 0 Å². The fourth-order valence-corrected chi connectivity index (χ4v) is 5.75. The summed E-state index contributed by atoms with van der Waals surface area (Å²) in [7, 11) is 1.56. The minimum absolute atomic E-state index is 0.0336. The highest BCUT2D eigenvalue weighted by atomic mass is 19.1. The number of ether oxygens (including phenoxy) is 3. The Morgan fingerprint density at radius 2 is 1.84 bits per heavy atom. The van der Waals surface area contributed by atoms with Gasteiger partial charge in [-0.1, -0.05) is 0 Å². The molecule has 0 spiro atoms. The molecule has 2 bridgehead atoms. The van der Waals surface area contributed by atoms with E-state index in [2.05, 4.69) is 30.2 Å². The Morgan fingerprint density at radius 3 is 2.54 bits per heavy atom. The molecule has 3 aromatic heterocycles. The quantitative estimate of drug-likeness (QED) is 0.492. The van der Waals surface area contributed by atoms with Crippen LogP contribution in [-0.2, 0) is 22.4 Å². The fraction of sp³-hybridized carbons (Fsp3) is 0.556. The number of hydrogen-bond acceptors (Lipinski definition) is 9. The summed E-state index contributed by atoms with van der Waals surface area (Å²) in [6.45, 7) is 4.46. The highest BCUT2D eigenvalue weighted by molar-refractivity contribution is 5.78. The molecule has 3 saturated heterocycles. The van der Waals surface area contributed by atoms with Crippen LogP contribution in [0.15, 0.2) is 30.7 Å². The standard InChI is InChI=1S/C27H33FN6O3/c1-35-23-3-2-22-24(33-23)20(21(28)17-29-22)4-5-27-8-6-26(7-9-27,18-37-27)32-16-19-14-30-25(31-15-19)34-10-12-36-13-11-34/h2-3,14-15,17,32H,4-13,16,18H2,1H3. The number of hydrogen-bond donors (Lipinski definition) is 1. The van der Waals surface area contributed by atoms with E-state index in [1.807, 2.05) is 18.5 Å². The number of fused-ring (bicyclic) bond motifs is 4. The molecule has 7 rings (SSSR count). The SMILES string of the molecule is COc1ccc2ncc(F)c(CCC34CCC(NCc5cnc(N6CCOCC6)nc5)(CC3)CO4)c2n1. The summed E-state index contributed by atoms with van der Waals surface area (Å²) in [6, 6.07) is 3.57. The predicted molar refractivity (Wildman–Crippen MR) is 136 cm³/mol. The second kappa shape index (κ2) is 10.1. The van der Waals surface area contributed by atoms with Crippen LogP contribution in [0.1, 0.15) is 43.2 Å². The van der Waals surface area contributed by atoms with Crippen molar-refractivity contribution >= 4 is 17.0 Å². The Bertz CT molecular complexity index is 1230. The summed E-state index contributed by atoms with van der Waals surface area (Å²) >= 11 is 0. The van der Waals surface area contributed by atoms with E-state index in [4.69, 9.17) is 14.2 Å². The Hall–Kier alpha value is -2.95. The van der Waals surface area contributed by atoms with Crippen LogP contribution in [0.25, 0.3) is 11.0 Å². The number of pyridine rings is 2. The van der Waals surface area contributed by atoms with E-state index in [0.29, 0.717) is 42.0 Å². The summed E-state index contributed by atoms with van der Waals surface area (Å²) < 4.78 is 31.9. The molecule has 1 aliphatic carbocycles. The maximum atomic E-state index is 14.8. The molecule has 3 aromatic rings. The van der Waals surface area contributed by atoms with E-state index in [9.17, 15) is 4.39 Å². The number of anilines is 1. The summed E-state index contributed by atoms with van der Waals surface area (Å²) in [4.78, 5) is 20.0. The smallest absolute Gasteiger partial charge is 0.225 e. The second-order valence-electron chi connectivity index (χ2n) is 10.4. The van der Waals surface area contributed by atoms with Gasteiger partial charge in [0.15, 0.2) is 0 Å². The Balaban J connectivity index is 1.06. The number of nitrogens with one attached hydrogen (secondary N) is 1. The molecule has 3 aliphatic heterocycles. The van der Waals surface area contributed by atoms with Gasteiger partial charge in [0, 0.05) is 54.8 Å². The minimum atomic E-state index is -0.325. The molecule has 37 heavy (non-hydrogen) atoms. The molecule has 0 amide bonds. The van der Waals surface area contributed by atoms with Crippen molar-refractivity contribution in [2.45, 2.75) is 56.2 Å². The molecule has 4 fully saturated rings. The highest BCUT2D eigenvalue weighted by Crippen LogP contribution is 2.46. The van der Waals surface area contributed by atoms with Gasteiger partial charge in [-0.25, -0.2) is 19.3 Å². The molecular formula is C27H33FN6O3. The van der Waals surface area contributed by atoms with Crippen LogP contribution in [0, 0.1) is 5.82 Å². The zero-order valence-corrected chi connectivity index (χ0v) is 21.2. The van der Waals surface area contributed by atoms with Crippen LogP contribution in [0.2, 0.25) is 0 Å². The molecule has 9 nitrogen and oxygen atoms in total. The van der Waals surface area contributed by atoms with Crippen molar-refractivity contribution in [1.82, 2.24) is 25.3 Å². The van der Waals surface area contributed by atoms with Gasteiger partial charge >= 0.3 is 0 Å². The van der Waals surface area contributed by atoms with Crippen molar-refractivity contribution < 1.29 is 18.6 Å². The van der Waals surface area contributed by atoms with Crippen LogP contribution in [0.5, 0.6) is 5.88 Å².